The van der Waals surface area contributed by atoms with Crippen LogP contribution in [0.1, 0.15) is 90.9 Å². The number of hydrogen-bond acceptors (Lipinski definition) is 11. The van der Waals surface area contributed by atoms with Crippen molar-refractivity contribution in [3.05, 3.63) is 42.4 Å². The Morgan fingerprint density at radius 1 is 1.10 bits per heavy atom. The maximum absolute atomic E-state index is 15.0. The highest BCUT2D eigenvalue weighted by Gasteiger charge is 2.64. The van der Waals surface area contributed by atoms with E-state index in [4.69, 9.17) is 18.9 Å². The van der Waals surface area contributed by atoms with Crippen LogP contribution in [0.3, 0.4) is 0 Å². The summed E-state index contributed by atoms with van der Waals surface area (Å²) >= 11 is 0. The SMILES string of the molecule is COc1cc2ccnc(O[C@@H]3C[C@H]4C(=O)C[C@]5(C(=O)NS(=O)(=O)C6(CF)CC6)C[C@H]5/C=C\CC[C@@H](C)C[C@@H](C)[C@H](CC(=O)OC5(C(F)(F)F)CCCCO5)C(=O)N4C3)c2cc1F. The lowest BCUT2D eigenvalue weighted by Crippen LogP contribution is -2.53. The van der Waals surface area contributed by atoms with Gasteiger partial charge in [0.2, 0.25) is 27.7 Å². The third-order valence-electron chi connectivity index (χ3n) is 13.4. The lowest BCUT2D eigenvalue weighted by Gasteiger charge is -2.38. The van der Waals surface area contributed by atoms with E-state index < -0.39 is 117 Å². The first-order chi connectivity index (χ1) is 29.3. The molecule has 19 heteroatoms. The summed E-state index contributed by atoms with van der Waals surface area (Å²) in [5.74, 6) is -10.1. The van der Waals surface area contributed by atoms with Crippen molar-refractivity contribution in [3.8, 4) is 11.6 Å². The molecule has 2 saturated heterocycles. The number of alkyl halides is 4. The third kappa shape index (κ3) is 8.89. The largest absolute Gasteiger partial charge is 0.494 e. The topological polar surface area (TPSA) is 167 Å². The lowest BCUT2D eigenvalue weighted by molar-refractivity contribution is -0.377. The number of fused-ring (bicyclic) bond motifs is 3. The van der Waals surface area contributed by atoms with Gasteiger partial charge in [-0.15, -0.1) is 0 Å². The van der Waals surface area contributed by atoms with Gasteiger partial charge in [-0.2, -0.15) is 13.2 Å². The smallest absolute Gasteiger partial charge is 0.455 e. The fourth-order valence-electron chi connectivity index (χ4n) is 9.33. The highest BCUT2D eigenvalue weighted by atomic mass is 32.2. The van der Waals surface area contributed by atoms with Gasteiger partial charge >= 0.3 is 17.9 Å². The minimum Gasteiger partial charge on any atom is -0.494 e. The fourth-order valence-corrected chi connectivity index (χ4v) is 10.8. The molecule has 2 aliphatic carbocycles. The second-order valence-corrected chi connectivity index (χ2v) is 19.9. The minimum atomic E-state index is -5.06. The summed E-state index contributed by atoms with van der Waals surface area (Å²) in [4.78, 5) is 62.8. The monoisotopic (exact) mass is 897 g/mol. The summed E-state index contributed by atoms with van der Waals surface area (Å²) in [5, 5.41) is 0.760. The molecule has 7 rings (SSSR count). The Morgan fingerprint density at radius 3 is 2.52 bits per heavy atom. The molecule has 4 fully saturated rings. The van der Waals surface area contributed by atoms with E-state index in [1.807, 2.05) is 13.0 Å². The van der Waals surface area contributed by atoms with Crippen molar-refractivity contribution < 1.29 is 68.5 Å². The van der Waals surface area contributed by atoms with Crippen LogP contribution in [0, 0.1) is 34.9 Å². The molecule has 1 unspecified atom stereocenters. The Hall–Kier alpha value is -4.39. The molecule has 8 atom stereocenters. The summed E-state index contributed by atoms with van der Waals surface area (Å²) in [5.41, 5.74) is -1.55. The van der Waals surface area contributed by atoms with Crippen LogP contribution in [0.4, 0.5) is 22.0 Å². The summed E-state index contributed by atoms with van der Waals surface area (Å²) in [6, 6.07) is 2.90. The van der Waals surface area contributed by atoms with Crippen LogP contribution in [0.5, 0.6) is 11.6 Å². The number of rotatable bonds is 10. The standard InChI is InChI=1S/C43H52F5N3O10S/c1-25-8-4-5-9-28-21-41(28,39(55)50-62(56,57)40(24-44)12-13-40)22-34(52)33-18-29(60-37-31-19-32(45)35(58-3)17-27(31)10-14-49-37)23-51(33)38(54)30(26(2)16-25)20-36(53)61-42(43(46,47)48)11-6-7-15-59-42/h5,9-10,14,17,19,25-26,28-30,33H,4,6-8,11-13,15-16,18,20-24H2,1-3H3,(H,50,55)/b9-5-/t25-,26-,28-,29-,30+,33+,41-,42?/m1/s1. The summed E-state index contributed by atoms with van der Waals surface area (Å²) in [7, 11) is -3.14. The van der Waals surface area contributed by atoms with Crippen molar-refractivity contribution in [1.82, 2.24) is 14.6 Å². The van der Waals surface area contributed by atoms with Crippen LogP contribution < -0.4 is 14.2 Å². The van der Waals surface area contributed by atoms with E-state index in [0.717, 1.165) is 0 Å². The zero-order valence-corrected chi connectivity index (χ0v) is 35.6. The van der Waals surface area contributed by atoms with Gasteiger partial charge in [0.15, 0.2) is 17.3 Å². The van der Waals surface area contributed by atoms with Crippen LogP contribution in [0.15, 0.2) is 36.5 Å². The number of nitrogens with zero attached hydrogens (tertiary/aromatic N) is 2. The third-order valence-corrected chi connectivity index (χ3v) is 15.5. The maximum atomic E-state index is 15.0. The van der Waals surface area contributed by atoms with E-state index in [-0.39, 0.29) is 68.2 Å². The number of aromatic nitrogens is 1. The quantitative estimate of drug-likeness (QED) is 0.154. The molecule has 5 aliphatic rings. The van der Waals surface area contributed by atoms with Gasteiger partial charge in [0.05, 0.1) is 44.1 Å². The molecule has 62 heavy (non-hydrogen) atoms. The molecule has 2 aromatic rings. The predicted octanol–water partition coefficient (Wildman–Crippen LogP) is 6.67. The number of methoxy groups -OCH3 is 1. The van der Waals surface area contributed by atoms with Crippen LogP contribution in [0.2, 0.25) is 0 Å². The molecule has 1 aromatic heterocycles. The van der Waals surface area contributed by atoms with E-state index >= 15 is 0 Å². The van der Waals surface area contributed by atoms with Crippen LogP contribution in [0.25, 0.3) is 10.8 Å². The van der Waals surface area contributed by atoms with Gasteiger partial charge in [0.1, 0.15) is 17.5 Å². The van der Waals surface area contributed by atoms with E-state index in [2.05, 4.69) is 9.71 Å². The molecule has 13 nitrogen and oxygen atoms in total. The number of benzene rings is 1. The number of carbonyl (C=O) groups is 4. The van der Waals surface area contributed by atoms with Gasteiger partial charge in [0.25, 0.3) is 0 Å². The average Bonchev–Trinajstić information content (AvgIpc) is 4.12. The zero-order valence-electron chi connectivity index (χ0n) is 34.8. The number of pyridine rings is 1. The molecule has 4 heterocycles. The number of carbonyl (C=O) groups excluding carboxylic acids is 4. The maximum Gasteiger partial charge on any atom is 0.455 e. The molecule has 1 aromatic carbocycles. The lowest BCUT2D eigenvalue weighted by atomic mass is 9.82. The van der Waals surface area contributed by atoms with Gasteiger partial charge in [-0.1, -0.05) is 26.0 Å². The molecule has 2 saturated carbocycles. The summed E-state index contributed by atoms with van der Waals surface area (Å²) in [6.45, 7) is 1.89. The number of ether oxygens (including phenoxy) is 4. The second kappa shape index (κ2) is 17.3. The number of halogens is 5. The van der Waals surface area contributed by atoms with Gasteiger partial charge in [-0.3, -0.25) is 23.9 Å². The Kier molecular flexibility index (Phi) is 12.7. The summed E-state index contributed by atoms with van der Waals surface area (Å²) in [6.07, 6.45) is -1.04. The summed E-state index contributed by atoms with van der Waals surface area (Å²) < 4.78 is 120. The van der Waals surface area contributed by atoms with Crippen LogP contribution >= 0.6 is 0 Å². The predicted molar refractivity (Wildman–Crippen MR) is 212 cm³/mol. The Morgan fingerprint density at radius 2 is 1.85 bits per heavy atom. The van der Waals surface area contributed by atoms with E-state index in [0.29, 0.717) is 31.1 Å². The molecule has 2 amide bonds. The van der Waals surface area contributed by atoms with Crippen LogP contribution in [-0.2, 0) is 38.7 Å². The first-order valence-corrected chi connectivity index (χ1v) is 22.6. The van der Waals surface area contributed by atoms with Gasteiger partial charge in [-0.25, -0.2) is 22.2 Å². The number of Topliss-reactive ketones (excluding diaryl/α,β-unsaturated/α-hetero) is 1. The van der Waals surface area contributed by atoms with E-state index in [9.17, 15) is 49.5 Å². The van der Waals surface area contributed by atoms with Crippen molar-refractivity contribution in [2.24, 2.45) is 29.1 Å². The Balaban J connectivity index is 1.23. The number of nitrogens with one attached hydrogen (secondary N) is 1. The van der Waals surface area contributed by atoms with Gasteiger partial charge in [0, 0.05) is 30.8 Å². The molecule has 0 spiro atoms. The number of esters is 1. The van der Waals surface area contributed by atoms with E-state index in [1.165, 1.54) is 30.3 Å². The number of hydrogen-bond donors (Lipinski definition) is 1. The minimum absolute atomic E-state index is 0.0285. The first-order valence-electron chi connectivity index (χ1n) is 21.1. The molecule has 340 valence electrons. The van der Waals surface area contributed by atoms with Crippen LogP contribution in [-0.4, -0.2) is 97.7 Å². The number of amides is 2. The van der Waals surface area contributed by atoms with Gasteiger partial charge < -0.3 is 23.8 Å². The van der Waals surface area contributed by atoms with Crippen molar-refractivity contribution in [3.63, 3.8) is 0 Å². The normalized spacial score (nSPS) is 32.1. The molecule has 0 bridgehead atoms. The number of ketones is 1. The van der Waals surface area contributed by atoms with Crippen molar-refractivity contribution in [2.75, 3.05) is 26.9 Å². The second-order valence-electron chi connectivity index (χ2n) is 17.8. The Labute approximate surface area is 356 Å². The molecule has 1 N–H and O–H groups in total. The zero-order chi connectivity index (χ0) is 44.8. The Bertz CT molecular complexity index is 2210. The first kappa shape index (κ1) is 45.6. The van der Waals surface area contributed by atoms with Gasteiger partial charge in [-0.05, 0) is 92.7 Å². The van der Waals surface area contributed by atoms with E-state index in [1.54, 1.807) is 19.1 Å². The molecule has 0 radical (unpaired) electrons. The highest BCUT2D eigenvalue weighted by Crippen LogP contribution is 2.58. The van der Waals surface area contributed by atoms with Crippen molar-refractivity contribution in [2.45, 2.75) is 120 Å². The molecular weight excluding hydrogens is 846 g/mol. The van der Waals surface area contributed by atoms with Crippen molar-refractivity contribution >= 4 is 44.4 Å². The highest BCUT2D eigenvalue weighted by molar-refractivity contribution is 7.91. The number of allylic oxidation sites excluding steroid dienone is 2. The fraction of sp³-hybridized carbons (Fsp3) is 0.651. The average molecular weight is 898 g/mol. The molecular formula is C43H52F5N3O10S. The number of sulfonamides is 1. The van der Waals surface area contributed by atoms with Crippen molar-refractivity contribution in [1.29, 1.82) is 0 Å². The molecule has 3 aliphatic heterocycles.